The monoisotopic (exact) mass is 456 g/mol. The van der Waals surface area contributed by atoms with Crippen LogP contribution in [0.15, 0.2) is 48.5 Å². The van der Waals surface area contributed by atoms with E-state index in [0.717, 1.165) is 33.3 Å². The quantitative estimate of drug-likeness (QED) is 0.397. The van der Waals surface area contributed by atoms with Gasteiger partial charge in [0.25, 0.3) is 0 Å². The topological polar surface area (TPSA) is 78.3 Å². The van der Waals surface area contributed by atoms with Crippen LogP contribution < -0.4 is 14.8 Å². The van der Waals surface area contributed by atoms with Gasteiger partial charge in [-0.2, -0.15) is 9.78 Å². The van der Waals surface area contributed by atoms with E-state index >= 15 is 0 Å². The molecule has 2 aromatic heterocycles. The predicted octanol–water partition coefficient (Wildman–Crippen LogP) is 5.32. The largest absolute Gasteiger partial charge is 0.497 e. The summed E-state index contributed by atoms with van der Waals surface area (Å²) in [5.74, 6) is 2.21. The van der Waals surface area contributed by atoms with E-state index in [1.165, 1.54) is 11.6 Å². The van der Waals surface area contributed by atoms with Crippen LogP contribution in [0, 0.1) is 27.7 Å². The van der Waals surface area contributed by atoms with Crippen LogP contribution in [0.3, 0.4) is 0 Å². The summed E-state index contributed by atoms with van der Waals surface area (Å²) in [6.07, 6.45) is 3.16. The lowest BCUT2D eigenvalue weighted by atomic mass is 10.0. The van der Waals surface area contributed by atoms with Crippen LogP contribution in [0.2, 0.25) is 0 Å². The molecule has 0 atom stereocenters. The molecule has 4 rings (SSSR count). The van der Waals surface area contributed by atoms with Crippen molar-refractivity contribution in [3.05, 3.63) is 76.5 Å². The Morgan fingerprint density at radius 2 is 1.76 bits per heavy atom. The van der Waals surface area contributed by atoms with E-state index in [4.69, 9.17) is 14.5 Å². The van der Waals surface area contributed by atoms with Gasteiger partial charge in [0.05, 0.1) is 25.4 Å². The van der Waals surface area contributed by atoms with Crippen molar-refractivity contribution in [2.45, 2.75) is 27.7 Å². The molecule has 0 bridgehead atoms. The molecule has 0 radical (unpaired) electrons. The third kappa shape index (κ3) is 4.64. The van der Waals surface area contributed by atoms with Gasteiger partial charge in [-0.1, -0.05) is 11.6 Å². The van der Waals surface area contributed by atoms with Crippen molar-refractivity contribution in [2.75, 3.05) is 19.5 Å². The van der Waals surface area contributed by atoms with Crippen molar-refractivity contribution < 1.29 is 14.3 Å². The van der Waals surface area contributed by atoms with Crippen LogP contribution in [-0.4, -0.2) is 34.9 Å². The molecular formula is C27H28N4O3. The van der Waals surface area contributed by atoms with Crippen LogP contribution in [-0.2, 0) is 4.79 Å². The first-order chi connectivity index (χ1) is 16.3. The number of anilines is 1. The number of rotatable bonds is 6. The first-order valence-electron chi connectivity index (χ1n) is 11.0. The van der Waals surface area contributed by atoms with Gasteiger partial charge in [-0.25, -0.2) is 4.98 Å². The summed E-state index contributed by atoms with van der Waals surface area (Å²) in [7, 11) is 3.17. The van der Waals surface area contributed by atoms with Gasteiger partial charge in [0, 0.05) is 29.2 Å². The van der Waals surface area contributed by atoms with Crippen molar-refractivity contribution in [3.63, 3.8) is 0 Å². The van der Waals surface area contributed by atoms with E-state index in [9.17, 15) is 4.79 Å². The molecule has 174 valence electrons. The number of benzene rings is 2. The molecule has 1 N–H and O–H groups in total. The highest BCUT2D eigenvalue weighted by Crippen LogP contribution is 2.27. The molecule has 7 heteroatoms. The van der Waals surface area contributed by atoms with Gasteiger partial charge in [-0.3, -0.25) is 4.79 Å². The highest BCUT2D eigenvalue weighted by atomic mass is 16.5. The Morgan fingerprint density at radius 3 is 2.50 bits per heavy atom. The number of pyridine rings is 1. The molecule has 2 heterocycles. The van der Waals surface area contributed by atoms with Gasteiger partial charge in [-0.05, 0) is 69.2 Å². The fraction of sp³-hybridized carbons (Fsp3) is 0.222. The molecule has 0 saturated carbocycles. The average molecular weight is 457 g/mol. The number of methoxy groups -OCH3 is 2. The van der Waals surface area contributed by atoms with Gasteiger partial charge in [0.1, 0.15) is 17.3 Å². The number of fused-ring (bicyclic) bond motifs is 1. The zero-order chi connectivity index (χ0) is 24.4. The Balaban J connectivity index is 1.64. The third-order valence-electron chi connectivity index (χ3n) is 5.60. The lowest BCUT2D eigenvalue weighted by molar-refractivity contribution is -0.111. The lowest BCUT2D eigenvalue weighted by Crippen LogP contribution is -2.13. The Morgan fingerprint density at radius 1 is 0.971 bits per heavy atom. The Kier molecular flexibility index (Phi) is 6.36. The van der Waals surface area contributed by atoms with E-state index in [-0.39, 0.29) is 5.91 Å². The molecule has 1 amide bonds. The maximum Gasteiger partial charge on any atom is 0.249 e. The molecule has 0 aliphatic rings. The highest BCUT2D eigenvalue weighted by molar-refractivity contribution is 6.01. The molecule has 0 saturated heterocycles. The lowest BCUT2D eigenvalue weighted by Gasteiger charge is -2.12. The summed E-state index contributed by atoms with van der Waals surface area (Å²) in [6.45, 7) is 8.08. The third-order valence-corrected chi connectivity index (χ3v) is 5.60. The number of carbonyl (C=O) groups is 1. The normalized spacial score (nSPS) is 11.2. The minimum absolute atomic E-state index is 0.289. The molecule has 0 aliphatic carbocycles. The first-order valence-corrected chi connectivity index (χ1v) is 11.0. The van der Waals surface area contributed by atoms with E-state index in [1.54, 1.807) is 31.0 Å². The van der Waals surface area contributed by atoms with Crippen LogP contribution in [0.25, 0.3) is 22.8 Å². The number of carbonyl (C=O) groups excluding carboxylic acids is 1. The van der Waals surface area contributed by atoms with Crippen LogP contribution >= 0.6 is 0 Å². The summed E-state index contributed by atoms with van der Waals surface area (Å²) >= 11 is 0. The maximum absolute atomic E-state index is 12.7. The Hall–Kier alpha value is -4.13. The van der Waals surface area contributed by atoms with E-state index < -0.39 is 0 Å². The number of ether oxygens (including phenoxy) is 2. The molecule has 4 aromatic rings. The van der Waals surface area contributed by atoms with E-state index in [2.05, 4.69) is 43.3 Å². The summed E-state index contributed by atoms with van der Waals surface area (Å²) in [5, 5.41) is 8.61. The standard InChI is InChI=1S/C27H28N4O3/c1-16-11-18(3)27-22(12-16)17(2)13-24(29-27)31-25(14-19(4)30-31)28-26(32)10-8-20-7-9-21(33-5)15-23(20)34-6/h7-15H,1-6H3,(H,28,32)/b10-8+. The molecule has 2 aromatic carbocycles. The van der Waals surface area contributed by atoms with Crippen molar-refractivity contribution >= 4 is 28.7 Å². The van der Waals surface area contributed by atoms with Crippen molar-refractivity contribution in [2.24, 2.45) is 0 Å². The minimum Gasteiger partial charge on any atom is -0.497 e. The number of hydrogen-bond donors (Lipinski definition) is 1. The van der Waals surface area contributed by atoms with Gasteiger partial charge in [0.2, 0.25) is 5.91 Å². The average Bonchev–Trinajstić information content (AvgIpc) is 3.17. The molecule has 0 spiro atoms. The van der Waals surface area contributed by atoms with E-state index in [0.29, 0.717) is 23.1 Å². The molecule has 0 unspecified atom stereocenters. The number of nitrogens with one attached hydrogen (secondary N) is 1. The minimum atomic E-state index is -0.289. The van der Waals surface area contributed by atoms with Crippen LogP contribution in [0.5, 0.6) is 11.5 Å². The fourth-order valence-electron chi connectivity index (χ4n) is 3.99. The van der Waals surface area contributed by atoms with Crippen LogP contribution in [0.4, 0.5) is 5.82 Å². The molecule has 7 nitrogen and oxygen atoms in total. The van der Waals surface area contributed by atoms with Crippen molar-refractivity contribution in [1.29, 1.82) is 0 Å². The molecule has 34 heavy (non-hydrogen) atoms. The summed E-state index contributed by atoms with van der Waals surface area (Å²) in [5.41, 5.74) is 5.87. The van der Waals surface area contributed by atoms with Gasteiger partial charge in [0.15, 0.2) is 5.82 Å². The summed E-state index contributed by atoms with van der Waals surface area (Å²) in [4.78, 5) is 17.6. The first kappa shape index (κ1) is 23.0. The molecular weight excluding hydrogens is 428 g/mol. The maximum atomic E-state index is 12.7. The number of hydrogen-bond acceptors (Lipinski definition) is 5. The number of aryl methyl sites for hydroxylation is 4. The second-order valence-corrected chi connectivity index (χ2v) is 8.29. The second-order valence-electron chi connectivity index (χ2n) is 8.29. The number of amides is 1. The predicted molar refractivity (Wildman–Crippen MR) is 135 cm³/mol. The number of aromatic nitrogens is 3. The van der Waals surface area contributed by atoms with Crippen molar-refractivity contribution in [3.8, 4) is 17.3 Å². The highest BCUT2D eigenvalue weighted by Gasteiger charge is 2.14. The second kappa shape index (κ2) is 9.39. The summed E-state index contributed by atoms with van der Waals surface area (Å²) in [6, 6.07) is 13.5. The van der Waals surface area contributed by atoms with E-state index in [1.807, 2.05) is 31.2 Å². The summed E-state index contributed by atoms with van der Waals surface area (Å²) < 4.78 is 12.3. The Labute approximate surface area is 199 Å². The smallest absolute Gasteiger partial charge is 0.249 e. The van der Waals surface area contributed by atoms with Gasteiger partial charge in [-0.15, -0.1) is 0 Å². The zero-order valence-corrected chi connectivity index (χ0v) is 20.3. The fourth-order valence-corrected chi connectivity index (χ4v) is 3.99. The van der Waals surface area contributed by atoms with Crippen LogP contribution in [0.1, 0.15) is 27.9 Å². The SMILES string of the molecule is COc1ccc(/C=C/C(=O)Nc2cc(C)nn2-c2cc(C)c3cc(C)cc(C)c3n2)c(OC)c1. The van der Waals surface area contributed by atoms with Crippen molar-refractivity contribution in [1.82, 2.24) is 14.8 Å². The molecule has 0 fully saturated rings. The number of nitrogens with zero attached hydrogens (tertiary/aromatic N) is 3. The van der Waals surface area contributed by atoms with Gasteiger partial charge < -0.3 is 14.8 Å². The van der Waals surface area contributed by atoms with Gasteiger partial charge >= 0.3 is 0 Å². The Bertz CT molecular complexity index is 1420. The molecule has 0 aliphatic heterocycles. The zero-order valence-electron chi connectivity index (χ0n) is 20.3.